The van der Waals surface area contributed by atoms with E-state index in [4.69, 9.17) is 9.97 Å². The van der Waals surface area contributed by atoms with Crippen LogP contribution in [0.1, 0.15) is 83.2 Å². The zero-order valence-corrected chi connectivity index (χ0v) is 32.0. The quantitative estimate of drug-likeness (QED) is 0.180. The molecule has 5 heterocycles. The Morgan fingerprint density at radius 1 is 0.396 bits per heavy atom. The molecular formula is C48H44N4O. The molecule has 5 heteroatoms. The number of carbonyl (C=O) groups is 1. The summed E-state index contributed by atoms with van der Waals surface area (Å²) >= 11 is 0. The number of nitrogens with zero attached hydrogens (tertiary/aromatic N) is 2. The average molecular weight is 693 g/mol. The normalized spacial score (nSPS) is 12.2. The van der Waals surface area contributed by atoms with E-state index in [0.29, 0.717) is 16.8 Å². The number of hydrogen-bond donors (Lipinski definition) is 2. The Bertz CT molecular complexity index is 2660. The van der Waals surface area contributed by atoms with Crippen molar-refractivity contribution in [2.45, 2.75) is 62.3 Å². The standard InChI is InChI=1S/C48H44N4O/c1-25-18-28(4)43(29(5)19-25)46-37-12-10-35(49-37)34(24-53)36-11-13-38(50-36)47(44-30(6)20-26(2)21-31(44)7)40-15-17-42(52-40)48(41-16-14-39(46)51-41)45-32(8)22-27(3)23-33(45)9/h10-24,49,52H,1-9H3. The molecule has 2 aliphatic heterocycles. The van der Waals surface area contributed by atoms with E-state index in [-0.39, 0.29) is 0 Å². The summed E-state index contributed by atoms with van der Waals surface area (Å²) in [5, 5.41) is 0. The Balaban J connectivity index is 1.62. The second kappa shape index (κ2) is 12.9. The number of aromatic nitrogens is 4. The van der Waals surface area contributed by atoms with Gasteiger partial charge < -0.3 is 9.97 Å². The zero-order valence-electron chi connectivity index (χ0n) is 32.0. The molecule has 8 bridgehead atoms. The molecule has 3 aromatic carbocycles. The second-order valence-electron chi connectivity index (χ2n) is 15.0. The maximum Gasteiger partial charge on any atom is 0.154 e. The van der Waals surface area contributed by atoms with Crippen LogP contribution < -0.4 is 0 Å². The number of aryl methyl sites for hydroxylation is 9. The van der Waals surface area contributed by atoms with Crippen molar-refractivity contribution >= 4 is 52.7 Å². The molecule has 262 valence electrons. The Morgan fingerprint density at radius 3 is 1.02 bits per heavy atom. The molecule has 0 spiro atoms. The van der Waals surface area contributed by atoms with E-state index in [1.54, 1.807) is 0 Å². The minimum absolute atomic E-state index is 0.507. The lowest BCUT2D eigenvalue weighted by Gasteiger charge is -2.14. The SMILES string of the molecule is Cc1cc(C)c(-c2c3nc(c(-c4c(C)cc(C)cc4C)c4ccc([nH]4)c(-c4c(C)cc(C)cc4C)c4nc(c(C=O)c5ccc2[nH]5)C=C4)C=C3)c(C)c1. The van der Waals surface area contributed by atoms with Crippen molar-refractivity contribution in [1.29, 1.82) is 0 Å². The summed E-state index contributed by atoms with van der Waals surface area (Å²) in [5.74, 6) is 0. The van der Waals surface area contributed by atoms with Crippen molar-refractivity contribution in [3.8, 4) is 33.4 Å². The highest BCUT2D eigenvalue weighted by molar-refractivity contribution is 6.01. The van der Waals surface area contributed by atoms with Gasteiger partial charge in [-0.1, -0.05) is 53.1 Å². The van der Waals surface area contributed by atoms with E-state index in [1.165, 1.54) is 55.6 Å². The Morgan fingerprint density at radius 2 is 0.679 bits per heavy atom. The van der Waals surface area contributed by atoms with E-state index >= 15 is 0 Å². The summed E-state index contributed by atoms with van der Waals surface area (Å²) in [7, 11) is 0. The number of hydrogen-bond acceptors (Lipinski definition) is 3. The fraction of sp³-hybridized carbons (Fsp3) is 0.188. The van der Waals surface area contributed by atoms with Crippen LogP contribution in [-0.2, 0) is 0 Å². The monoisotopic (exact) mass is 692 g/mol. The van der Waals surface area contributed by atoms with Crippen LogP contribution in [0.4, 0.5) is 0 Å². The molecule has 0 saturated heterocycles. The van der Waals surface area contributed by atoms with Gasteiger partial charge in [0.05, 0.1) is 33.9 Å². The number of nitrogens with one attached hydrogen (secondary N) is 2. The molecule has 2 aliphatic rings. The molecule has 0 aliphatic carbocycles. The van der Waals surface area contributed by atoms with Crippen LogP contribution in [0, 0.1) is 62.3 Å². The van der Waals surface area contributed by atoms with Crippen LogP contribution >= 0.6 is 0 Å². The highest BCUT2D eigenvalue weighted by Crippen LogP contribution is 2.41. The maximum absolute atomic E-state index is 12.9. The summed E-state index contributed by atoms with van der Waals surface area (Å²) in [6.07, 6.45) is 9.19. The van der Waals surface area contributed by atoms with Crippen LogP contribution in [-0.4, -0.2) is 26.2 Å². The molecule has 0 unspecified atom stereocenters. The van der Waals surface area contributed by atoms with Gasteiger partial charge >= 0.3 is 0 Å². The molecule has 0 fully saturated rings. The van der Waals surface area contributed by atoms with Gasteiger partial charge in [0.15, 0.2) is 6.29 Å². The molecule has 6 aromatic rings. The molecule has 8 rings (SSSR count). The smallest absolute Gasteiger partial charge is 0.154 e. The molecule has 53 heavy (non-hydrogen) atoms. The van der Waals surface area contributed by atoms with E-state index in [2.05, 4.69) is 139 Å². The summed E-state index contributed by atoms with van der Waals surface area (Å²) in [5.41, 5.74) is 24.4. The predicted octanol–water partition coefficient (Wildman–Crippen LogP) is 12.2. The first-order chi connectivity index (χ1) is 25.4. The third kappa shape index (κ3) is 5.77. The minimum Gasteiger partial charge on any atom is -0.354 e. The number of benzene rings is 3. The molecular weight excluding hydrogens is 649 g/mol. The topological polar surface area (TPSA) is 74.4 Å². The van der Waals surface area contributed by atoms with Crippen molar-refractivity contribution in [2.24, 2.45) is 0 Å². The highest BCUT2D eigenvalue weighted by Gasteiger charge is 2.22. The number of carbonyl (C=O) groups excluding carboxylic acids is 1. The fourth-order valence-corrected chi connectivity index (χ4v) is 8.86. The number of rotatable bonds is 4. The van der Waals surface area contributed by atoms with Gasteiger partial charge in [0.2, 0.25) is 0 Å². The minimum atomic E-state index is 0.507. The van der Waals surface area contributed by atoms with Crippen molar-refractivity contribution in [3.63, 3.8) is 0 Å². The average Bonchev–Trinajstić information content (AvgIpc) is 3.91. The summed E-state index contributed by atoms with van der Waals surface area (Å²) in [6, 6.07) is 21.8. The van der Waals surface area contributed by atoms with E-state index in [9.17, 15) is 4.79 Å². The van der Waals surface area contributed by atoms with Gasteiger partial charge in [-0.25, -0.2) is 9.97 Å². The molecule has 2 N–H and O–H groups in total. The number of aldehydes is 1. The lowest BCUT2D eigenvalue weighted by atomic mass is 9.92. The Kier molecular flexibility index (Phi) is 8.26. The van der Waals surface area contributed by atoms with E-state index in [0.717, 1.165) is 67.7 Å². The van der Waals surface area contributed by atoms with Crippen molar-refractivity contribution < 1.29 is 4.79 Å². The summed E-state index contributed by atoms with van der Waals surface area (Å²) in [6.45, 7) is 19.5. The van der Waals surface area contributed by atoms with Crippen molar-refractivity contribution in [1.82, 2.24) is 19.9 Å². The van der Waals surface area contributed by atoms with Gasteiger partial charge in [-0.2, -0.15) is 0 Å². The van der Waals surface area contributed by atoms with E-state index < -0.39 is 0 Å². The van der Waals surface area contributed by atoms with Gasteiger partial charge in [0.1, 0.15) is 0 Å². The summed E-state index contributed by atoms with van der Waals surface area (Å²) in [4.78, 5) is 31.1. The lowest BCUT2D eigenvalue weighted by Crippen LogP contribution is -1.96. The largest absolute Gasteiger partial charge is 0.354 e. The fourth-order valence-electron chi connectivity index (χ4n) is 8.86. The third-order valence-electron chi connectivity index (χ3n) is 10.7. The first-order valence-electron chi connectivity index (χ1n) is 18.3. The van der Waals surface area contributed by atoms with Crippen LogP contribution in [0.2, 0.25) is 0 Å². The van der Waals surface area contributed by atoms with Crippen LogP contribution in [0.25, 0.3) is 79.8 Å². The van der Waals surface area contributed by atoms with Crippen LogP contribution in [0.5, 0.6) is 0 Å². The molecule has 0 amide bonds. The summed E-state index contributed by atoms with van der Waals surface area (Å²) < 4.78 is 0. The maximum atomic E-state index is 12.9. The van der Waals surface area contributed by atoms with Crippen LogP contribution in [0.15, 0.2) is 60.7 Å². The Labute approximate surface area is 311 Å². The van der Waals surface area contributed by atoms with Gasteiger partial charge in [-0.3, -0.25) is 4.79 Å². The molecule has 0 saturated carbocycles. The molecule has 0 atom stereocenters. The van der Waals surface area contributed by atoms with Gasteiger partial charge in [-0.15, -0.1) is 0 Å². The lowest BCUT2D eigenvalue weighted by molar-refractivity contribution is 0.112. The van der Waals surface area contributed by atoms with Gasteiger partial charge in [0.25, 0.3) is 0 Å². The molecule has 0 radical (unpaired) electrons. The van der Waals surface area contributed by atoms with E-state index in [1.807, 2.05) is 18.2 Å². The Hall–Kier alpha value is -6.07. The zero-order chi connectivity index (χ0) is 37.3. The first-order valence-corrected chi connectivity index (χ1v) is 18.3. The number of aromatic amines is 2. The van der Waals surface area contributed by atoms with Crippen LogP contribution in [0.3, 0.4) is 0 Å². The van der Waals surface area contributed by atoms with Gasteiger partial charge in [-0.05, 0) is 161 Å². The van der Waals surface area contributed by atoms with Crippen molar-refractivity contribution in [2.75, 3.05) is 0 Å². The molecule has 3 aromatic heterocycles. The molecule has 5 nitrogen and oxygen atoms in total. The second-order valence-corrected chi connectivity index (χ2v) is 15.0. The number of fused-ring (bicyclic) bond motifs is 8. The van der Waals surface area contributed by atoms with Gasteiger partial charge in [0, 0.05) is 33.2 Å². The number of H-pyrrole nitrogens is 2. The third-order valence-corrected chi connectivity index (χ3v) is 10.7. The highest BCUT2D eigenvalue weighted by atomic mass is 16.1. The first kappa shape index (κ1) is 34.0. The predicted molar refractivity (Wildman–Crippen MR) is 223 cm³/mol. The van der Waals surface area contributed by atoms with Crippen molar-refractivity contribution in [3.05, 3.63) is 139 Å².